The predicted octanol–water partition coefficient (Wildman–Crippen LogP) is 1.65. The highest BCUT2D eigenvalue weighted by atomic mass is 19.3. The average molecular weight is 244 g/mol. The fourth-order valence-corrected chi connectivity index (χ4v) is 0.944. The van der Waals surface area contributed by atoms with Gasteiger partial charge in [-0.2, -0.15) is 13.9 Å². The van der Waals surface area contributed by atoms with Gasteiger partial charge in [-0.1, -0.05) is 0 Å². The van der Waals surface area contributed by atoms with Crippen molar-refractivity contribution in [3.05, 3.63) is 17.2 Å². The van der Waals surface area contributed by atoms with E-state index < -0.39 is 41.9 Å². The van der Waals surface area contributed by atoms with Crippen LogP contribution in [0.1, 0.15) is 16.2 Å². The molecule has 1 rings (SSSR count). The van der Waals surface area contributed by atoms with Crippen LogP contribution in [-0.2, 0) is 5.92 Å². The molecule has 0 bridgehead atoms. The van der Waals surface area contributed by atoms with Gasteiger partial charge < -0.3 is 5.11 Å². The van der Waals surface area contributed by atoms with E-state index in [1.165, 1.54) is 5.10 Å². The number of nitrogens with zero attached hydrogens (tertiary/aromatic N) is 1. The Balaban J connectivity index is 3.19. The SMILES string of the molecule is O=C(O)c1n[nH]c(C(F)(F)C(F)CF)c1F. The molecule has 0 aliphatic rings. The second kappa shape index (κ2) is 4.06. The summed E-state index contributed by atoms with van der Waals surface area (Å²) in [6.45, 7) is -2.03. The summed E-state index contributed by atoms with van der Waals surface area (Å²) in [5, 5.41) is 12.4. The molecule has 16 heavy (non-hydrogen) atoms. The van der Waals surface area contributed by atoms with Gasteiger partial charge in [0.05, 0.1) is 0 Å². The highest BCUT2D eigenvalue weighted by molar-refractivity contribution is 5.85. The summed E-state index contributed by atoms with van der Waals surface area (Å²) in [5.41, 5.74) is -2.99. The largest absolute Gasteiger partial charge is 0.476 e. The van der Waals surface area contributed by atoms with Gasteiger partial charge in [0.15, 0.2) is 12.0 Å². The third-order valence-electron chi connectivity index (χ3n) is 1.77. The molecular formula is C7H5F5N2O2. The summed E-state index contributed by atoms with van der Waals surface area (Å²) in [5.74, 6) is -8.31. The lowest BCUT2D eigenvalue weighted by atomic mass is 10.1. The molecule has 0 spiro atoms. The van der Waals surface area contributed by atoms with Crippen LogP contribution in [-0.4, -0.2) is 34.1 Å². The summed E-state index contributed by atoms with van der Waals surface area (Å²) in [7, 11) is 0. The first-order valence-corrected chi connectivity index (χ1v) is 3.87. The van der Waals surface area contributed by atoms with E-state index in [1.807, 2.05) is 0 Å². The Labute approximate surface area is 85.1 Å². The minimum atomic E-state index is -4.50. The number of halogens is 5. The number of alkyl halides is 4. The first-order chi connectivity index (χ1) is 7.32. The Kier molecular flexibility index (Phi) is 3.15. The van der Waals surface area contributed by atoms with Gasteiger partial charge >= 0.3 is 11.9 Å². The molecular weight excluding hydrogens is 239 g/mol. The number of carboxylic acid groups (broad SMARTS) is 1. The van der Waals surface area contributed by atoms with E-state index in [0.717, 1.165) is 0 Å². The monoisotopic (exact) mass is 244 g/mol. The summed E-state index contributed by atoms with van der Waals surface area (Å²) in [6.07, 6.45) is -3.27. The van der Waals surface area contributed by atoms with Crippen molar-refractivity contribution in [2.45, 2.75) is 12.1 Å². The third-order valence-corrected chi connectivity index (χ3v) is 1.77. The molecule has 1 aromatic rings. The van der Waals surface area contributed by atoms with E-state index in [9.17, 15) is 26.7 Å². The molecule has 4 nitrogen and oxygen atoms in total. The number of nitrogens with one attached hydrogen (secondary N) is 1. The van der Waals surface area contributed by atoms with Gasteiger partial charge in [-0.3, -0.25) is 5.10 Å². The van der Waals surface area contributed by atoms with E-state index in [-0.39, 0.29) is 0 Å². The van der Waals surface area contributed by atoms with Crippen LogP contribution in [0.3, 0.4) is 0 Å². The van der Waals surface area contributed by atoms with Crippen LogP contribution in [0.5, 0.6) is 0 Å². The van der Waals surface area contributed by atoms with Crippen LogP contribution >= 0.6 is 0 Å². The van der Waals surface area contributed by atoms with Crippen LogP contribution in [0, 0.1) is 5.82 Å². The lowest BCUT2D eigenvalue weighted by Gasteiger charge is -2.16. The molecule has 9 heteroatoms. The zero-order chi connectivity index (χ0) is 12.5. The molecule has 0 aliphatic heterocycles. The maximum Gasteiger partial charge on any atom is 0.359 e. The van der Waals surface area contributed by atoms with E-state index in [1.54, 1.807) is 0 Å². The van der Waals surface area contributed by atoms with Gasteiger partial charge in [0.25, 0.3) is 0 Å². The van der Waals surface area contributed by atoms with Crippen LogP contribution < -0.4 is 0 Å². The molecule has 0 radical (unpaired) electrons. The molecule has 0 amide bonds. The lowest BCUT2D eigenvalue weighted by Crippen LogP contribution is -2.30. The van der Waals surface area contributed by atoms with Crippen molar-refractivity contribution in [3.63, 3.8) is 0 Å². The van der Waals surface area contributed by atoms with Crippen molar-refractivity contribution < 1.29 is 31.9 Å². The second-order valence-corrected chi connectivity index (χ2v) is 2.81. The fourth-order valence-electron chi connectivity index (χ4n) is 0.944. The molecule has 1 unspecified atom stereocenters. The standard InChI is InChI=1S/C7H5F5N2O2/c8-1-2(9)7(11,12)5-3(10)4(6(15)16)13-14-5/h2H,1H2,(H,13,14)(H,15,16). The van der Waals surface area contributed by atoms with Crippen LogP contribution in [0.4, 0.5) is 22.0 Å². The number of aromatic nitrogens is 2. The molecule has 90 valence electrons. The highest BCUT2D eigenvalue weighted by Gasteiger charge is 2.47. The maximum atomic E-state index is 13.0. The molecule has 0 saturated carbocycles. The number of hydrogen-bond donors (Lipinski definition) is 2. The van der Waals surface area contributed by atoms with E-state index in [0.29, 0.717) is 0 Å². The van der Waals surface area contributed by atoms with Gasteiger partial charge in [0.2, 0.25) is 5.69 Å². The summed E-state index contributed by atoms with van der Waals surface area (Å²) in [4.78, 5) is 10.3. The van der Waals surface area contributed by atoms with Crippen molar-refractivity contribution >= 4 is 5.97 Å². The quantitative estimate of drug-likeness (QED) is 0.791. The van der Waals surface area contributed by atoms with Gasteiger partial charge in [0.1, 0.15) is 12.4 Å². The smallest absolute Gasteiger partial charge is 0.359 e. The molecule has 0 saturated heterocycles. The van der Waals surface area contributed by atoms with E-state index in [4.69, 9.17) is 5.11 Å². The van der Waals surface area contributed by atoms with Crippen molar-refractivity contribution in [2.24, 2.45) is 0 Å². The minimum Gasteiger partial charge on any atom is -0.476 e. The van der Waals surface area contributed by atoms with E-state index >= 15 is 0 Å². The molecule has 0 fully saturated rings. The van der Waals surface area contributed by atoms with Crippen molar-refractivity contribution in [2.75, 3.05) is 6.67 Å². The first kappa shape index (κ1) is 12.4. The zero-order valence-electron chi connectivity index (χ0n) is 7.48. The molecule has 2 N–H and O–H groups in total. The van der Waals surface area contributed by atoms with Crippen LogP contribution in [0.15, 0.2) is 0 Å². The Bertz CT molecular complexity index is 405. The molecule has 1 heterocycles. The maximum absolute atomic E-state index is 13.0. The summed E-state index contributed by atoms with van der Waals surface area (Å²) in [6, 6.07) is 0. The summed E-state index contributed by atoms with van der Waals surface area (Å²) >= 11 is 0. The number of carboxylic acids is 1. The Morgan fingerprint density at radius 1 is 1.56 bits per heavy atom. The number of H-pyrrole nitrogens is 1. The number of carbonyl (C=O) groups is 1. The Hall–Kier alpha value is -1.67. The molecule has 1 aromatic heterocycles. The number of hydrogen-bond acceptors (Lipinski definition) is 2. The van der Waals surface area contributed by atoms with Crippen molar-refractivity contribution in [1.29, 1.82) is 0 Å². The zero-order valence-corrected chi connectivity index (χ0v) is 7.48. The number of aromatic amines is 1. The molecule has 0 aliphatic carbocycles. The summed E-state index contributed by atoms with van der Waals surface area (Å²) < 4.78 is 63.2. The highest BCUT2D eigenvalue weighted by Crippen LogP contribution is 2.34. The van der Waals surface area contributed by atoms with Gasteiger partial charge in [-0.15, -0.1) is 0 Å². The minimum absolute atomic E-state index is 1.30. The molecule has 0 aromatic carbocycles. The fraction of sp³-hybridized carbons (Fsp3) is 0.429. The Morgan fingerprint density at radius 3 is 2.50 bits per heavy atom. The number of rotatable bonds is 4. The van der Waals surface area contributed by atoms with Crippen molar-refractivity contribution in [3.8, 4) is 0 Å². The third kappa shape index (κ3) is 1.84. The second-order valence-electron chi connectivity index (χ2n) is 2.81. The topological polar surface area (TPSA) is 66.0 Å². The molecule has 1 atom stereocenters. The Morgan fingerprint density at radius 2 is 2.12 bits per heavy atom. The van der Waals surface area contributed by atoms with Crippen LogP contribution in [0.2, 0.25) is 0 Å². The van der Waals surface area contributed by atoms with Gasteiger partial charge in [-0.05, 0) is 0 Å². The van der Waals surface area contributed by atoms with E-state index in [2.05, 4.69) is 5.10 Å². The van der Waals surface area contributed by atoms with Crippen LogP contribution in [0.25, 0.3) is 0 Å². The van der Waals surface area contributed by atoms with Crippen molar-refractivity contribution in [1.82, 2.24) is 10.2 Å². The average Bonchev–Trinajstić information content (AvgIpc) is 2.59. The van der Waals surface area contributed by atoms with Gasteiger partial charge in [0, 0.05) is 0 Å². The van der Waals surface area contributed by atoms with Gasteiger partial charge in [-0.25, -0.2) is 18.0 Å². The predicted molar refractivity (Wildman–Crippen MR) is 40.3 cm³/mol. The first-order valence-electron chi connectivity index (χ1n) is 3.87. The number of aromatic carboxylic acids is 1. The lowest BCUT2D eigenvalue weighted by molar-refractivity contribution is -0.0915. The normalized spacial score (nSPS) is 13.8.